The third kappa shape index (κ3) is 3.55. The summed E-state index contributed by atoms with van der Waals surface area (Å²) >= 11 is 9.23. The molecule has 0 heterocycles. The fraction of sp³-hybridized carbons (Fsp3) is 0.0769. The summed E-state index contributed by atoms with van der Waals surface area (Å²) < 4.78 is 0.921. The molecule has 0 spiro atoms. The van der Waals surface area contributed by atoms with Gasteiger partial charge in [-0.3, -0.25) is 5.43 Å². The van der Waals surface area contributed by atoms with Crippen molar-refractivity contribution in [1.82, 2.24) is 0 Å². The number of rotatable bonds is 3. The summed E-state index contributed by atoms with van der Waals surface area (Å²) in [6.07, 6.45) is 0. The van der Waals surface area contributed by atoms with Crippen LogP contribution in [0.2, 0.25) is 5.02 Å². The van der Waals surface area contributed by atoms with Gasteiger partial charge < -0.3 is 0 Å². The first-order valence-electron chi connectivity index (χ1n) is 5.33. The summed E-state index contributed by atoms with van der Waals surface area (Å²) in [6.45, 7) is 2.03. The van der Waals surface area contributed by atoms with E-state index in [0.717, 1.165) is 15.8 Å². The van der Waals surface area contributed by atoms with Crippen LogP contribution in [0.25, 0.3) is 0 Å². The smallest absolute Gasteiger partial charge is 0.102 e. The normalized spacial score (nSPS) is 10.8. The van der Waals surface area contributed by atoms with Gasteiger partial charge >= 0.3 is 0 Å². The van der Waals surface area contributed by atoms with Crippen LogP contribution in [0.1, 0.15) is 5.56 Å². The van der Waals surface area contributed by atoms with E-state index in [4.69, 9.17) is 11.6 Å². The van der Waals surface area contributed by atoms with Gasteiger partial charge in [0.05, 0.1) is 5.69 Å². The molecule has 2 aromatic carbocycles. The minimum Gasteiger partial charge on any atom is -0.260 e. The molecule has 0 saturated carbocycles. The second-order valence-corrected chi connectivity index (χ2v) is 5.06. The second kappa shape index (κ2) is 5.98. The van der Waals surface area contributed by atoms with E-state index in [1.54, 1.807) is 12.1 Å². The van der Waals surface area contributed by atoms with Crippen LogP contribution in [0.5, 0.6) is 0 Å². The van der Waals surface area contributed by atoms with E-state index in [0.29, 0.717) is 5.02 Å². The molecule has 1 N–H and O–H groups in total. The van der Waals surface area contributed by atoms with Crippen molar-refractivity contribution in [2.45, 2.75) is 6.92 Å². The van der Waals surface area contributed by atoms with E-state index in [9.17, 15) is 0 Å². The van der Waals surface area contributed by atoms with E-state index in [1.165, 1.54) is 5.56 Å². The number of hydrogen-bond donors (Lipinski definition) is 1. The number of halogens is 2. The molecule has 0 saturated heterocycles. The summed E-state index contributed by atoms with van der Waals surface area (Å²) in [4.78, 5) is 0. The third-order valence-corrected chi connectivity index (χ3v) is 3.17. The number of hydrogen-bond acceptors (Lipinski definition) is 2. The van der Waals surface area contributed by atoms with E-state index in [1.807, 2.05) is 37.3 Å². The number of benzene rings is 2. The first-order chi connectivity index (χ1) is 8.65. The Bertz CT molecular complexity index is 567. The zero-order valence-electron chi connectivity index (χ0n) is 9.69. The van der Waals surface area contributed by atoms with Crippen molar-refractivity contribution in [3.8, 4) is 0 Å². The number of nitrogens with zero attached hydrogens (tertiary/aromatic N) is 2. The van der Waals surface area contributed by atoms with Crippen LogP contribution >= 0.6 is 27.5 Å². The van der Waals surface area contributed by atoms with Crippen LogP contribution in [-0.2, 0) is 0 Å². The molecule has 0 radical (unpaired) electrons. The monoisotopic (exact) mass is 323 g/mol. The summed E-state index contributed by atoms with van der Waals surface area (Å²) in [7, 11) is 0. The quantitative estimate of drug-likeness (QED) is 0.585. The van der Waals surface area contributed by atoms with Crippen molar-refractivity contribution in [2.24, 2.45) is 10.3 Å². The molecule has 0 aliphatic carbocycles. The van der Waals surface area contributed by atoms with Gasteiger partial charge in [0.25, 0.3) is 0 Å². The molecule has 0 atom stereocenters. The highest BCUT2D eigenvalue weighted by Gasteiger charge is 1.97. The topological polar surface area (TPSA) is 36.8 Å². The first kappa shape index (κ1) is 13.1. The molecule has 18 heavy (non-hydrogen) atoms. The zero-order chi connectivity index (χ0) is 13.0. The lowest BCUT2D eigenvalue weighted by Crippen LogP contribution is -1.85. The molecule has 0 aliphatic rings. The maximum atomic E-state index is 5.79. The molecule has 3 nitrogen and oxygen atoms in total. The Morgan fingerprint density at radius 2 is 1.83 bits per heavy atom. The SMILES string of the molecule is Cc1ccc(N=NNc2ccc(Cl)cc2)c(Br)c1. The molecule has 0 unspecified atom stereocenters. The van der Waals surface area contributed by atoms with Crippen LogP contribution in [-0.4, -0.2) is 0 Å². The Morgan fingerprint density at radius 1 is 1.11 bits per heavy atom. The predicted octanol–water partition coefficient (Wildman–Crippen LogP) is 5.52. The second-order valence-electron chi connectivity index (χ2n) is 3.77. The Labute approximate surface area is 119 Å². The molecular weight excluding hydrogens is 314 g/mol. The highest BCUT2D eigenvalue weighted by molar-refractivity contribution is 9.10. The predicted molar refractivity (Wildman–Crippen MR) is 78.5 cm³/mol. The summed E-state index contributed by atoms with van der Waals surface area (Å²) in [5.74, 6) is 0. The molecule has 2 rings (SSSR count). The Kier molecular flexibility index (Phi) is 4.33. The van der Waals surface area contributed by atoms with Crippen LogP contribution in [0.3, 0.4) is 0 Å². The van der Waals surface area contributed by atoms with Crippen molar-refractivity contribution in [2.75, 3.05) is 5.43 Å². The van der Waals surface area contributed by atoms with Gasteiger partial charge in [0.15, 0.2) is 0 Å². The van der Waals surface area contributed by atoms with E-state index >= 15 is 0 Å². The maximum absolute atomic E-state index is 5.79. The Balaban J connectivity index is 2.05. The van der Waals surface area contributed by atoms with Gasteiger partial charge in [0.2, 0.25) is 0 Å². The molecule has 0 aliphatic heterocycles. The fourth-order valence-corrected chi connectivity index (χ4v) is 2.05. The maximum Gasteiger partial charge on any atom is 0.102 e. The number of nitrogens with one attached hydrogen (secondary N) is 1. The zero-order valence-corrected chi connectivity index (χ0v) is 12.0. The van der Waals surface area contributed by atoms with E-state index < -0.39 is 0 Å². The third-order valence-electron chi connectivity index (χ3n) is 2.28. The molecule has 0 bridgehead atoms. The molecule has 92 valence electrons. The van der Waals surface area contributed by atoms with E-state index in [2.05, 4.69) is 31.7 Å². The minimum absolute atomic E-state index is 0.693. The largest absolute Gasteiger partial charge is 0.260 e. The molecular formula is C13H11BrClN3. The van der Waals surface area contributed by atoms with Crippen LogP contribution < -0.4 is 5.43 Å². The average Bonchev–Trinajstić information content (AvgIpc) is 2.34. The van der Waals surface area contributed by atoms with Gasteiger partial charge in [-0.15, -0.1) is 5.11 Å². The summed E-state index contributed by atoms with van der Waals surface area (Å²) in [5.41, 5.74) is 5.63. The van der Waals surface area contributed by atoms with Crippen molar-refractivity contribution in [3.63, 3.8) is 0 Å². The molecule has 5 heteroatoms. The number of aryl methyl sites for hydroxylation is 1. The van der Waals surface area contributed by atoms with Gasteiger partial charge in [-0.2, -0.15) is 0 Å². The van der Waals surface area contributed by atoms with Crippen molar-refractivity contribution < 1.29 is 0 Å². The molecule has 0 amide bonds. The number of anilines is 1. The van der Waals surface area contributed by atoms with Crippen LogP contribution in [0.15, 0.2) is 57.3 Å². The highest BCUT2D eigenvalue weighted by atomic mass is 79.9. The highest BCUT2D eigenvalue weighted by Crippen LogP contribution is 2.26. The first-order valence-corrected chi connectivity index (χ1v) is 6.51. The van der Waals surface area contributed by atoms with Crippen molar-refractivity contribution in [1.29, 1.82) is 0 Å². The fourth-order valence-electron chi connectivity index (χ4n) is 1.35. The van der Waals surface area contributed by atoms with Crippen molar-refractivity contribution >= 4 is 38.9 Å². The Hall–Kier alpha value is -1.39. The standard InChI is InChI=1S/C13H11BrClN3/c1-9-2-7-13(12(14)8-9)17-18-16-11-5-3-10(15)4-6-11/h2-8H,1H3,(H,16,17). The van der Waals surface area contributed by atoms with Crippen LogP contribution in [0, 0.1) is 6.92 Å². The minimum atomic E-state index is 0.693. The molecule has 0 aromatic heterocycles. The summed E-state index contributed by atoms with van der Waals surface area (Å²) in [6, 6.07) is 13.2. The Morgan fingerprint density at radius 3 is 2.50 bits per heavy atom. The van der Waals surface area contributed by atoms with Crippen LogP contribution in [0.4, 0.5) is 11.4 Å². The van der Waals surface area contributed by atoms with Gasteiger partial charge in [-0.1, -0.05) is 22.9 Å². The van der Waals surface area contributed by atoms with E-state index in [-0.39, 0.29) is 0 Å². The van der Waals surface area contributed by atoms with Gasteiger partial charge in [-0.25, -0.2) is 0 Å². The molecule has 2 aromatic rings. The lowest BCUT2D eigenvalue weighted by molar-refractivity contribution is 1.12. The average molecular weight is 325 g/mol. The van der Waals surface area contributed by atoms with Gasteiger partial charge in [0, 0.05) is 9.50 Å². The molecule has 0 fully saturated rings. The lowest BCUT2D eigenvalue weighted by atomic mass is 10.2. The van der Waals surface area contributed by atoms with Gasteiger partial charge in [-0.05, 0) is 64.8 Å². The lowest BCUT2D eigenvalue weighted by Gasteiger charge is -2.00. The van der Waals surface area contributed by atoms with Gasteiger partial charge in [0.1, 0.15) is 5.69 Å². The van der Waals surface area contributed by atoms with Crippen molar-refractivity contribution in [3.05, 3.63) is 57.5 Å². The summed E-state index contributed by atoms with van der Waals surface area (Å²) in [5, 5.41) is 8.73.